The first kappa shape index (κ1) is 16.4. The molecule has 132 valence electrons. The maximum absolute atomic E-state index is 4.91. The van der Waals surface area contributed by atoms with Crippen LogP contribution in [0.25, 0.3) is 11.3 Å². The lowest BCUT2D eigenvalue weighted by molar-refractivity contribution is 0.442. The minimum atomic E-state index is 0.562. The average Bonchev–Trinajstić information content (AvgIpc) is 3.15. The Labute approximate surface area is 150 Å². The highest BCUT2D eigenvalue weighted by Gasteiger charge is 2.21. The number of hydrogen-bond acceptors (Lipinski definition) is 4. The minimum absolute atomic E-state index is 0.562. The highest BCUT2D eigenvalue weighted by atomic mass is 15.3. The molecule has 2 aromatic rings. The first-order chi connectivity index (χ1) is 12.3. The Balaban J connectivity index is 1.66. The first-order valence-electron chi connectivity index (χ1n) is 9.74. The van der Waals surface area contributed by atoms with Crippen LogP contribution in [0.5, 0.6) is 0 Å². The Morgan fingerprint density at radius 2 is 1.80 bits per heavy atom. The Morgan fingerprint density at radius 1 is 1.00 bits per heavy atom. The van der Waals surface area contributed by atoms with Crippen molar-refractivity contribution in [1.29, 1.82) is 0 Å². The lowest BCUT2D eigenvalue weighted by Crippen LogP contribution is -2.35. The normalized spacial score (nSPS) is 21.5. The molecule has 0 amide bonds. The Kier molecular flexibility index (Phi) is 4.86. The van der Waals surface area contributed by atoms with Gasteiger partial charge >= 0.3 is 0 Å². The van der Waals surface area contributed by atoms with Gasteiger partial charge < -0.3 is 10.2 Å². The van der Waals surface area contributed by atoms with Crippen molar-refractivity contribution in [3.05, 3.63) is 36.4 Å². The highest BCUT2D eigenvalue weighted by Crippen LogP contribution is 2.28. The van der Waals surface area contributed by atoms with Gasteiger partial charge in [-0.2, -0.15) is 4.98 Å². The van der Waals surface area contributed by atoms with Gasteiger partial charge in [-0.15, -0.1) is 0 Å². The number of piperidine rings is 1. The van der Waals surface area contributed by atoms with Crippen molar-refractivity contribution in [2.45, 2.75) is 51.5 Å². The number of nitrogens with one attached hydrogen (secondary N) is 1. The van der Waals surface area contributed by atoms with Gasteiger partial charge in [0.2, 0.25) is 5.95 Å². The molecule has 2 fully saturated rings. The molecule has 1 atom stereocenters. The van der Waals surface area contributed by atoms with Crippen LogP contribution in [0.1, 0.15) is 45.4 Å². The number of hydrogen-bond donors (Lipinski definition) is 1. The molecule has 1 saturated carbocycles. The largest absolute Gasteiger partial charge is 0.367 e. The smallest absolute Gasteiger partial charge is 0.227 e. The van der Waals surface area contributed by atoms with E-state index in [1.165, 1.54) is 38.5 Å². The molecule has 0 bridgehead atoms. The molecule has 2 heterocycles. The van der Waals surface area contributed by atoms with Gasteiger partial charge in [0.15, 0.2) is 0 Å². The fourth-order valence-electron chi connectivity index (χ4n) is 4.06. The van der Waals surface area contributed by atoms with Crippen LogP contribution in [0.2, 0.25) is 0 Å². The topological polar surface area (TPSA) is 41.1 Å². The van der Waals surface area contributed by atoms with Crippen LogP contribution in [0.15, 0.2) is 36.4 Å². The van der Waals surface area contributed by atoms with E-state index in [4.69, 9.17) is 9.97 Å². The van der Waals surface area contributed by atoms with E-state index >= 15 is 0 Å². The standard InChI is InChI=1S/C21H28N4/c1-16-8-7-13-25(15-16)21-23-19(17-9-3-2-4-10-17)14-20(24-21)22-18-11-5-6-12-18/h2-4,9-10,14,16,18H,5-8,11-13,15H2,1H3,(H,22,23,24). The quantitative estimate of drug-likeness (QED) is 0.876. The molecule has 0 radical (unpaired) electrons. The van der Waals surface area contributed by atoms with Crippen molar-refractivity contribution in [2.75, 3.05) is 23.3 Å². The summed E-state index contributed by atoms with van der Waals surface area (Å²) in [6.45, 7) is 4.44. The number of aromatic nitrogens is 2. The van der Waals surface area contributed by atoms with E-state index in [0.29, 0.717) is 12.0 Å². The van der Waals surface area contributed by atoms with Crippen LogP contribution >= 0.6 is 0 Å². The van der Waals surface area contributed by atoms with Crippen molar-refractivity contribution < 1.29 is 0 Å². The molecule has 4 heteroatoms. The maximum Gasteiger partial charge on any atom is 0.227 e. The monoisotopic (exact) mass is 336 g/mol. The van der Waals surface area contributed by atoms with Gasteiger partial charge in [-0.1, -0.05) is 50.1 Å². The predicted octanol–water partition coefficient (Wildman–Crippen LogP) is 4.73. The lowest BCUT2D eigenvalue weighted by atomic mass is 10.0. The molecule has 4 nitrogen and oxygen atoms in total. The van der Waals surface area contributed by atoms with Crippen LogP contribution in [0.3, 0.4) is 0 Å². The molecule has 1 aliphatic carbocycles. The van der Waals surface area contributed by atoms with Crippen LogP contribution < -0.4 is 10.2 Å². The number of nitrogens with zero attached hydrogens (tertiary/aromatic N) is 3. The van der Waals surface area contributed by atoms with Gasteiger partial charge in [0.05, 0.1) is 5.69 Å². The summed E-state index contributed by atoms with van der Waals surface area (Å²) in [4.78, 5) is 12.2. The lowest BCUT2D eigenvalue weighted by Gasteiger charge is -2.31. The summed E-state index contributed by atoms with van der Waals surface area (Å²) in [5, 5.41) is 3.66. The average molecular weight is 336 g/mol. The first-order valence-corrected chi connectivity index (χ1v) is 9.74. The molecular formula is C21H28N4. The molecule has 1 aromatic heterocycles. The van der Waals surface area contributed by atoms with E-state index in [0.717, 1.165) is 36.1 Å². The van der Waals surface area contributed by atoms with Crippen molar-refractivity contribution in [1.82, 2.24) is 9.97 Å². The van der Waals surface area contributed by atoms with Crippen molar-refractivity contribution >= 4 is 11.8 Å². The zero-order valence-corrected chi connectivity index (χ0v) is 15.1. The van der Waals surface area contributed by atoms with E-state index in [2.05, 4.69) is 53.5 Å². The van der Waals surface area contributed by atoms with E-state index < -0.39 is 0 Å². The van der Waals surface area contributed by atoms with Crippen LogP contribution in [0.4, 0.5) is 11.8 Å². The fraction of sp³-hybridized carbons (Fsp3) is 0.524. The third-order valence-corrected chi connectivity index (χ3v) is 5.43. The summed E-state index contributed by atoms with van der Waals surface area (Å²) < 4.78 is 0. The van der Waals surface area contributed by atoms with Crippen molar-refractivity contribution in [3.8, 4) is 11.3 Å². The molecule has 1 unspecified atom stereocenters. The van der Waals surface area contributed by atoms with Crippen LogP contribution in [0, 0.1) is 5.92 Å². The van der Waals surface area contributed by atoms with Gasteiger partial charge in [0, 0.05) is 30.8 Å². The Bertz CT molecular complexity index is 694. The molecule has 1 aromatic carbocycles. The highest BCUT2D eigenvalue weighted by molar-refractivity contribution is 5.64. The van der Waals surface area contributed by atoms with Gasteiger partial charge in [0.25, 0.3) is 0 Å². The second-order valence-corrected chi connectivity index (χ2v) is 7.62. The van der Waals surface area contributed by atoms with Gasteiger partial charge in [-0.05, 0) is 31.6 Å². The summed E-state index contributed by atoms with van der Waals surface area (Å²) >= 11 is 0. The number of rotatable bonds is 4. The molecule has 1 saturated heterocycles. The summed E-state index contributed by atoms with van der Waals surface area (Å²) in [6.07, 6.45) is 7.69. The zero-order chi connectivity index (χ0) is 17.1. The maximum atomic E-state index is 4.91. The molecule has 1 aliphatic heterocycles. The van der Waals surface area contributed by atoms with Crippen molar-refractivity contribution in [2.24, 2.45) is 5.92 Å². The van der Waals surface area contributed by atoms with E-state index in [9.17, 15) is 0 Å². The fourth-order valence-corrected chi connectivity index (χ4v) is 4.06. The summed E-state index contributed by atoms with van der Waals surface area (Å²) in [6, 6.07) is 13.1. The van der Waals surface area contributed by atoms with Crippen LogP contribution in [-0.2, 0) is 0 Å². The summed E-state index contributed by atoms with van der Waals surface area (Å²) in [7, 11) is 0. The SMILES string of the molecule is CC1CCCN(c2nc(NC3CCCC3)cc(-c3ccccc3)n2)C1. The molecule has 1 N–H and O–H groups in total. The summed E-state index contributed by atoms with van der Waals surface area (Å²) in [5.74, 6) is 2.58. The van der Waals surface area contributed by atoms with Crippen molar-refractivity contribution in [3.63, 3.8) is 0 Å². The van der Waals surface area contributed by atoms with Gasteiger partial charge in [0.1, 0.15) is 5.82 Å². The second-order valence-electron chi connectivity index (χ2n) is 7.62. The van der Waals surface area contributed by atoms with E-state index in [-0.39, 0.29) is 0 Å². The molecular weight excluding hydrogens is 308 g/mol. The Hall–Kier alpha value is -2.10. The molecule has 0 spiro atoms. The third-order valence-electron chi connectivity index (χ3n) is 5.43. The van der Waals surface area contributed by atoms with Crippen LogP contribution in [-0.4, -0.2) is 29.1 Å². The third kappa shape index (κ3) is 3.94. The minimum Gasteiger partial charge on any atom is -0.367 e. The molecule has 2 aliphatic rings. The Morgan fingerprint density at radius 3 is 2.56 bits per heavy atom. The number of anilines is 2. The zero-order valence-electron chi connectivity index (χ0n) is 15.1. The number of benzene rings is 1. The molecule has 25 heavy (non-hydrogen) atoms. The summed E-state index contributed by atoms with van der Waals surface area (Å²) in [5.41, 5.74) is 2.18. The second kappa shape index (κ2) is 7.42. The van der Waals surface area contributed by atoms with E-state index in [1.54, 1.807) is 0 Å². The van der Waals surface area contributed by atoms with E-state index in [1.807, 2.05) is 0 Å². The molecule has 4 rings (SSSR count). The predicted molar refractivity (Wildman–Crippen MR) is 104 cm³/mol. The van der Waals surface area contributed by atoms with Gasteiger partial charge in [-0.3, -0.25) is 0 Å². The van der Waals surface area contributed by atoms with Gasteiger partial charge in [-0.25, -0.2) is 4.98 Å².